The third kappa shape index (κ3) is 3.96. The Hall–Kier alpha value is -3.66. The van der Waals surface area contributed by atoms with Crippen LogP contribution in [0.4, 0.5) is 9.80 Å². The standard InChI is InChI=1S/C22H20N2O7S/c1-3-30-22(28)24-9-8-13-17(11-24)32-20(18(13)21(27)29-2)23-19(26)16-10-14(25)12-6-4-5-7-15(12)31-16/h4-7,10H,3,8-9,11H2,1-2H3,(H,23,26). The van der Waals surface area contributed by atoms with E-state index in [4.69, 9.17) is 13.9 Å². The Kier molecular flexibility index (Phi) is 5.95. The number of fused-ring (bicyclic) bond motifs is 2. The van der Waals surface area contributed by atoms with Crippen molar-refractivity contribution in [3.05, 3.63) is 62.3 Å². The van der Waals surface area contributed by atoms with Crippen LogP contribution >= 0.6 is 11.3 Å². The molecule has 0 radical (unpaired) electrons. The number of methoxy groups -OCH3 is 1. The van der Waals surface area contributed by atoms with Crippen molar-refractivity contribution >= 4 is 45.3 Å². The predicted molar refractivity (Wildman–Crippen MR) is 117 cm³/mol. The molecule has 0 fully saturated rings. The van der Waals surface area contributed by atoms with Crippen LogP contribution in [0.15, 0.2) is 39.5 Å². The average Bonchev–Trinajstić information content (AvgIpc) is 3.15. The molecule has 0 atom stereocenters. The lowest BCUT2D eigenvalue weighted by Crippen LogP contribution is -2.36. The number of carbonyl (C=O) groups excluding carboxylic acids is 3. The van der Waals surface area contributed by atoms with E-state index in [1.807, 2.05) is 0 Å². The van der Waals surface area contributed by atoms with Gasteiger partial charge in [0.1, 0.15) is 10.6 Å². The van der Waals surface area contributed by atoms with Crippen LogP contribution in [0.1, 0.15) is 38.3 Å². The van der Waals surface area contributed by atoms with E-state index in [-0.39, 0.29) is 40.5 Å². The first kappa shape index (κ1) is 21.6. The summed E-state index contributed by atoms with van der Waals surface area (Å²) in [5.41, 5.74) is 0.903. The van der Waals surface area contributed by atoms with Crippen molar-refractivity contribution in [1.82, 2.24) is 4.90 Å². The lowest BCUT2D eigenvalue weighted by atomic mass is 10.0. The molecule has 4 rings (SSSR count). The van der Waals surface area contributed by atoms with Crippen molar-refractivity contribution in [2.45, 2.75) is 19.9 Å². The van der Waals surface area contributed by atoms with Crippen molar-refractivity contribution in [2.24, 2.45) is 0 Å². The molecule has 32 heavy (non-hydrogen) atoms. The van der Waals surface area contributed by atoms with Crippen LogP contribution < -0.4 is 10.7 Å². The van der Waals surface area contributed by atoms with Gasteiger partial charge in [-0.1, -0.05) is 12.1 Å². The molecule has 0 spiro atoms. The Labute approximate surface area is 186 Å². The molecule has 9 nitrogen and oxygen atoms in total. The quantitative estimate of drug-likeness (QED) is 0.598. The van der Waals surface area contributed by atoms with Gasteiger partial charge in [0.25, 0.3) is 5.91 Å². The van der Waals surface area contributed by atoms with E-state index >= 15 is 0 Å². The van der Waals surface area contributed by atoms with Crippen LogP contribution in [0, 0.1) is 0 Å². The SMILES string of the molecule is CCOC(=O)N1CCc2c(sc(NC(=O)c3cc(=O)c4ccccc4o3)c2C(=O)OC)C1. The topological polar surface area (TPSA) is 115 Å². The summed E-state index contributed by atoms with van der Waals surface area (Å²) in [6.45, 7) is 2.62. The van der Waals surface area contributed by atoms with Gasteiger partial charge in [-0.2, -0.15) is 0 Å². The molecule has 0 unspecified atom stereocenters. The normalized spacial score (nSPS) is 12.9. The molecule has 3 aromatic rings. The lowest BCUT2D eigenvalue weighted by molar-refractivity contribution is 0.0600. The molecule has 0 saturated heterocycles. The summed E-state index contributed by atoms with van der Waals surface area (Å²) < 4.78 is 15.6. The van der Waals surface area contributed by atoms with Gasteiger partial charge in [0, 0.05) is 17.5 Å². The van der Waals surface area contributed by atoms with Crippen molar-refractivity contribution < 1.29 is 28.3 Å². The largest absolute Gasteiger partial charge is 0.465 e. The number of carbonyl (C=O) groups is 3. The Balaban J connectivity index is 1.67. The summed E-state index contributed by atoms with van der Waals surface area (Å²) in [6.07, 6.45) is -0.0228. The minimum absolute atomic E-state index is 0.177. The number of hydrogen-bond donors (Lipinski definition) is 1. The number of thiophene rings is 1. The van der Waals surface area contributed by atoms with E-state index in [0.29, 0.717) is 18.4 Å². The lowest BCUT2D eigenvalue weighted by Gasteiger charge is -2.26. The number of hydrogen-bond acceptors (Lipinski definition) is 8. The van der Waals surface area contributed by atoms with E-state index in [2.05, 4.69) is 5.32 Å². The zero-order valence-electron chi connectivity index (χ0n) is 17.4. The zero-order chi connectivity index (χ0) is 22.8. The molecule has 166 valence electrons. The number of rotatable bonds is 4. The van der Waals surface area contributed by atoms with E-state index < -0.39 is 18.0 Å². The number of para-hydroxylation sites is 1. The van der Waals surface area contributed by atoms with Crippen molar-refractivity contribution in [2.75, 3.05) is 25.6 Å². The Morgan fingerprint density at radius 3 is 2.78 bits per heavy atom. The second kappa shape index (κ2) is 8.83. The molecule has 2 aromatic heterocycles. The molecule has 3 heterocycles. The van der Waals surface area contributed by atoms with Crippen LogP contribution in [-0.4, -0.2) is 43.1 Å². The van der Waals surface area contributed by atoms with Gasteiger partial charge in [0.2, 0.25) is 0 Å². The van der Waals surface area contributed by atoms with E-state index in [1.54, 1.807) is 31.2 Å². The van der Waals surface area contributed by atoms with Crippen LogP contribution in [0.5, 0.6) is 0 Å². The summed E-state index contributed by atoms with van der Waals surface area (Å²) in [4.78, 5) is 52.1. The molecule has 1 aliphatic rings. The maximum atomic E-state index is 12.9. The first-order chi connectivity index (χ1) is 15.4. The zero-order valence-corrected chi connectivity index (χ0v) is 18.2. The third-order valence-electron chi connectivity index (χ3n) is 5.06. The number of benzene rings is 1. The maximum absolute atomic E-state index is 12.9. The number of amides is 2. The van der Waals surface area contributed by atoms with E-state index in [1.165, 1.54) is 23.3 Å². The summed E-state index contributed by atoms with van der Waals surface area (Å²) in [7, 11) is 1.26. The van der Waals surface area contributed by atoms with Crippen molar-refractivity contribution in [1.29, 1.82) is 0 Å². The first-order valence-corrected chi connectivity index (χ1v) is 10.7. The number of nitrogens with zero attached hydrogens (tertiary/aromatic N) is 1. The molecule has 2 amide bonds. The summed E-state index contributed by atoms with van der Waals surface area (Å²) in [6, 6.07) is 7.73. The molecule has 0 bridgehead atoms. The van der Waals surface area contributed by atoms with Gasteiger partial charge >= 0.3 is 12.1 Å². The van der Waals surface area contributed by atoms with Gasteiger partial charge in [0.15, 0.2) is 11.2 Å². The molecule has 10 heteroatoms. The second-order valence-corrected chi connectivity index (χ2v) is 8.10. The van der Waals surface area contributed by atoms with Crippen molar-refractivity contribution in [3.63, 3.8) is 0 Å². The van der Waals surface area contributed by atoms with E-state index in [9.17, 15) is 19.2 Å². The highest BCUT2D eigenvalue weighted by atomic mass is 32.1. The molecule has 0 saturated carbocycles. The van der Waals surface area contributed by atoms with Gasteiger partial charge in [-0.25, -0.2) is 9.59 Å². The summed E-state index contributed by atoms with van der Waals surface area (Å²) >= 11 is 1.17. The third-order valence-corrected chi connectivity index (χ3v) is 6.19. The van der Waals surface area contributed by atoms with Gasteiger partial charge in [-0.15, -0.1) is 11.3 Å². The van der Waals surface area contributed by atoms with Gasteiger partial charge < -0.3 is 24.1 Å². The molecule has 1 aromatic carbocycles. The summed E-state index contributed by atoms with van der Waals surface area (Å²) in [5, 5.41) is 3.31. The molecule has 1 N–H and O–H groups in total. The highest BCUT2D eigenvalue weighted by Gasteiger charge is 2.31. The number of nitrogens with one attached hydrogen (secondary N) is 1. The van der Waals surface area contributed by atoms with Crippen LogP contribution in [0.3, 0.4) is 0 Å². The van der Waals surface area contributed by atoms with Gasteiger partial charge in [-0.05, 0) is 31.0 Å². The van der Waals surface area contributed by atoms with Gasteiger partial charge in [-0.3, -0.25) is 9.59 Å². The monoisotopic (exact) mass is 456 g/mol. The molecular weight excluding hydrogens is 436 g/mol. The minimum atomic E-state index is -0.668. The second-order valence-electron chi connectivity index (χ2n) is 7.00. The van der Waals surface area contributed by atoms with Crippen LogP contribution in [0.2, 0.25) is 0 Å². The highest BCUT2D eigenvalue weighted by Crippen LogP contribution is 2.38. The predicted octanol–water partition coefficient (Wildman–Crippen LogP) is 3.41. The fraction of sp³-hybridized carbons (Fsp3) is 0.273. The van der Waals surface area contributed by atoms with Crippen molar-refractivity contribution in [3.8, 4) is 0 Å². The maximum Gasteiger partial charge on any atom is 0.410 e. The smallest absolute Gasteiger partial charge is 0.410 e. The minimum Gasteiger partial charge on any atom is -0.465 e. The first-order valence-electron chi connectivity index (χ1n) is 9.91. The van der Waals surface area contributed by atoms with Gasteiger partial charge in [0.05, 0.1) is 31.2 Å². The Bertz CT molecular complexity index is 1280. The fourth-order valence-corrected chi connectivity index (χ4v) is 4.81. The Morgan fingerprint density at radius 1 is 1.25 bits per heavy atom. The van der Waals surface area contributed by atoms with E-state index in [0.717, 1.165) is 16.5 Å². The molecule has 0 aliphatic carbocycles. The van der Waals surface area contributed by atoms with Crippen LogP contribution in [0.25, 0.3) is 11.0 Å². The summed E-state index contributed by atoms with van der Waals surface area (Å²) in [5.74, 6) is -1.44. The fourth-order valence-electron chi connectivity index (χ4n) is 3.56. The molecular formula is C22H20N2O7S. The Morgan fingerprint density at radius 2 is 2.03 bits per heavy atom. The highest BCUT2D eigenvalue weighted by molar-refractivity contribution is 7.17. The van der Waals surface area contributed by atoms with Crippen LogP contribution in [-0.2, 0) is 22.4 Å². The number of ether oxygens (including phenoxy) is 2. The molecule has 1 aliphatic heterocycles. The average molecular weight is 456 g/mol. The number of esters is 1. The number of anilines is 1.